The van der Waals surface area contributed by atoms with E-state index in [0.717, 1.165) is 17.7 Å². The lowest BCUT2D eigenvalue weighted by atomic mass is 10.1. The summed E-state index contributed by atoms with van der Waals surface area (Å²) in [7, 11) is -3.12. The molecule has 0 aliphatic carbocycles. The number of carbonyl (C=O) groups excluding carboxylic acids is 1. The SMILES string of the molecule is CCS(=O)(=O)N1CCN(Cc2cccc(C(=O)NCc3cccc(CN4CCCC4)c3)c2)CC1. The summed E-state index contributed by atoms with van der Waals surface area (Å²) < 4.78 is 25.7. The summed E-state index contributed by atoms with van der Waals surface area (Å²) in [4.78, 5) is 17.5. The summed E-state index contributed by atoms with van der Waals surface area (Å²) in [6.45, 7) is 8.65. The Kier molecular flexibility index (Phi) is 8.37. The number of likely N-dealkylation sites (tertiary alicyclic amines) is 1. The topological polar surface area (TPSA) is 73.0 Å². The Balaban J connectivity index is 1.28. The quantitative estimate of drug-likeness (QED) is 0.593. The molecule has 34 heavy (non-hydrogen) atoms. The predicted molar refractivity (Wildman–Crippen MR) is 135 cm³/mol. The molecular formula is C26H36N4O3S. The van der Waals surface area contributed by atoms with Gasteiger partial charge in [-0.2, -0.15) is 4.31 Å². The molecule has 0 saturated carbocycles. The van der Waals surface area contributed by atoms with Gasteiger partial charge in [0, 0.05) is 51.4 Å². The molecule has 0 unspecified atom stereocenters. The van der Waals surface area contributed by atoms with Crippen LogP contribution in [-0.4, -0.2) is 73.5 Å². The second-order valence-corrected chi connectivity index (χ2v) is 11.5. The molecule has 2 heterocycles. The molecule has 2 fully saturated rings. The maximum atomic E-state index is 12.8. The lowest BCUT2D eigenvalue weighted by Crippen LogP contribution is -2.48. The van der Waals surface area contributed by atoms with Crippen LogP contribution in [0.3, 0.4) is 0 Å². The molecule has 0 atom stereocenters. The summed E-state index contributed by atoms with van der Waals surface area (Å²) in [6.07, 6.45) is 2.57. The molecule has 1 N–H and O–H groups in total. The van der Waals surface area contributed by atoms with Crippen molar-refractivity contribution in [3.63, 3.8) is 0 Å². The predicted octanol–water partition coefficient (Wildman–Crippen LogP) is 2.68. The van der Waals surface area contributed by atoms with Gasteiger partial charge in [-0.05, 0) is 61.7 Å². The van der Waals surface area contributed by atoms with Crippen LogP contribution in [0.2, 0.25) is 0 Å². The number of sulfonamides is 1. The van der Waals surface area contributed by atoms with Crippen molar-refractivity contribution in [1.82, 2.24) is 19.4 Å². The normalized spacial score (nSPS) is 18.3. The molecular weight excluding hydrogens is 448 g/mol. The van der Waals surface area contributed by atoms with Crippen molar-refractivity contribution >= 4 is 15.9 Å². The molecule has 2 aromatic carbocycles. The molecule has 8 heteroatoms. The number of rotatable bonds is 9. The van der Waals surface area contributed by atoms with Crippen molar-refractivity contribution in [2.45, 2.75) is 39.4 Å². The van der Waals surface area contributed by atoms with Gasteiger partial charge in [0.2, 0.25) is 10.0 Å². The van der Waals surface area contributed by atoms with Crippen LogP contribution >= 0.6 is 0 Å². The Bertz CT molecular complexity index is 1070. The Hall–Kier alpha value is -2.26. The second kappa shape index (κ2) is 11.4. The van der Waals surface area contributed by atoms with Gasteiger partial charge in [-0.3, -0.25) is 14.6 Å². The fraction of sp³-hybridized carbons (Fsp3) is 0.500. The van der Waals surface area contributed by atoms with E-state index in [9.17, 15) is 13.2 Å². The molecule has 2 aromatic rings. The van der Waals surface area contributed by atoms with Gasteiger partial charge < -0.3 is 5.32 Å². The average molecular weight is 485 g/mol. The maximum absolute atomic E-state index is 12.8. The minimum Gasteiger partial charge on any atom is -0.348 e. The first-order valence-corrected chi connectivity index (χ1v) is 13.9. The zero-order valence-corrected chi connectivity index (χ0v) is 20.9. The van der Waals surface area contributed by atoms with Crippen molar-refractivity contribution in [2.24, 2.45) is 0 Å². The number of hydrogen-bond acceptors (Lipinski definition) is 5. The Morgan fingerprint density at radius 2 is 1.41 bits per heavy atom. The van der Waals surface area contributed by atoms with Crippen molar-refractivity contribution < 1.29 is 13.2 Å². The third-order valence-electron chi connectivity index (χ3n) is 6.73. The van der Waals surface area contributed by atoms with Gasteiger partial charge in [0.15, 0.2) is 0 Å². The lowest BCUT2D eigenvalue weighted by Gasteiger charge is -2.33. The van der Waals surface area contributed by atoms with Gasteiger partial charge in [0.1, 0.15) is 0 Å². The molecule has 4 rings (SSSR count). The number of nitrogens with one attached hydrogen (secondary N) is 1. The molecule has 0 spiro atoms. The molecule has 2 aliphatic heterocycles. The Morgan fingerprint density at radius 3 is 2.09 bits per heavy atom. The van der Waals surface area contributed by atoms with E-state index in [1.807, 2.05) is 24.3 Å². The number of carbonyl (C=O) groups is 1. The highest BCUT2D eigenvalue weighted by molar-refractivity contribution is 7.89. The molecule has 7 nitrogen and oxygen atoms in total. The van der Waals surface area contributed by atoms with E-state index in [-0.39, 0.29) is 11.7 Å². The van der Waals surface area contributed by atoms with E-state index in [4.69, 9.17) is 0 Å². The van der Waals surface area contributed by atoms with Gasteiger partial charge in [-0.15, -0.1) is 0 Å². The summed E-state index contributed by atoms with van der Waals surface area (Å²) in [5, 5.41) is 3.06. The Morgan fingerprint density at radius 1 is 0.824 bits per heavy atom. The lowest BCUT2D eigenvalue weighted by molar-refractivity contribution is 0.0950. The third kappa shape index (κ3) is 6.66. The molecule has 0 radical (unpaired) electrons. The van der Waals surface area contributed by atoms with Crippen LogP contribution in [0.15, 0.2) is 48.5 Å². The van der Waals surface area contributed by atoms with Crippen LogP contribution in [0.5, 0.6) is 0 Å². The van der Waals surface area contributed by atoms with Crippen LogP contribution in [0.25, 0.3) is 0 Å². The number of nitrogens with zero attached hydrogens (tertiary/aromatic N) is 3. The van der Waals surface area contributed by atoms with E-state index in [2.05, 4.69) is 39.4 Å². The van der Waals surface area contributed by atoms with Crippen LogP contribution in [0.4, 0.5) is 0 Å². The first-order valence-electron chi connectivity index (χ1n) is 12.3. The number of benzene rings is 2. The molecule has 184 valence electrons. The number of hydrogen-bond donors (Lipinski definition) is 1. The van der Waals surface area contributed by atoms with Gasteiger partial charge in [-0.25, -0.2) is 8.42 Å². The van der Waals surface area contributed by atoms with Crippen molar-refractivity contribution in [2.75, 3.05) is 45.0 Å². The molecule has 0 bridgehead atoms. The third-order valence-corrected chi connectivity index (χ3v) is 8.62. The van der Waals surface area contributed by atoms with Crippen LogP contribution < -0.4 is 5.32 Å². The van der Waals surface area contributed by atoms with Crippen molar-refractivity contribution in [3.05, 3.63) is 70.8 Å². The zero-order valence-electron chi connectivity index (χ0n) is 20.1. The summed E-state index contributed by atoms with van der Waals surface area (Å²) >= 11 is 0. The van der Waals surface area contributed by atoms with Crippen LogP contribution in [0, 0.1) is 0 Å². The van der Waals surface area contributed by atoms with Gasteiger partial charge >= 0.3 is 0 Å². The largest absolute Gasteiger partial charge is 0.348 e. The van der Waals surface area contributed by atoms with Gasteiger partial charge in [0.05, 0.1) is 5.75 Å². The zero-order chi connectivity index (χ0) is 24.0. The highest BCUT2D eigenvalue weighted by atomic mass is 32.2. The van der Waals surface area contributed by atoms with Gasteiger partial charge in [0.25, 0.3) is 5.91 Å². The van der Waals surface area contributed by atoms with Crippen LogP contribution in [0.1, 0.15) is 46.8 Å². The first kappa shape index (κ1) is 24.9. The number of amides is 1. The average Bonchev–Trinajstić information content (AvgIpc) is 3.36. The minimum absolute atomic E-state index is 0.0781. The summed E-state index contributed by atoms with van der Waals surface area (Å²) in [5.74, 6) is 0.0676. The summed E-state index contributed by atoms with van der Waals surface area (Å²) in [6, 6.07) is 16.2. The monoisotopic (exact) mass is 484 g/mol. The standard InChI is InChI=1S/C26H36N4O3S/c1-2-34(32,33)30-15-13-29(14-16-30)21-24-9-6-10-25(18-24)26(31)27-19-22-7-5-8-23(17-22)20-28-11-3-4-12-28/h5-10,17-18H,2-4,11-16,19-21H2,1H3,(H,27,31). The summed E-state index contributed by atoms with van der Waals surface area (Å²) in [5.41, 5.74) is 4.12. The first-order chi connectivity index (χ1) is 16.4. The van der Waals surface area contributed by atoms with E-state index < -0.39 is 10.0 Å². The van der Waals surface area contributed by atoms with Crippen molar-refractivity contribution in [1.29, 1.82) is 0 Å². The second-order valence-electron chi connectivity index (χ2n) is 9.26. The van der Waals surface area contributed by atoms with E-state index in [0.29, 0.717) is 44.8 Å². The fourth-order valence-electron chi connectivity index (χ4n) is 4.74. The number of piperazine rings is 1. The molecule has 2 aliphatic rings. The fourth-order valence-corrected chi connectivity index (χ4v) is 5.82. The van der Waals surface area contributed by atoms with E-state index in [1.54, 1.807) is 11.2 Å². The van der Waals surface area contributed by atoms with E-state index >= 15 is 0 Å². The van der Waals surface area contributed by atoms with Crippen molar-refractivity contribution in [3.8, 4) is 0 Å². The highest BCUT2D eigenvalue weighted by Gasteiger charge is 2.25. The Labute approximate surface area is 203 Å². The highest BCUT2D eigenvalue weighted by Crippen LogP contribution is 2.15. The molecule has 1 amide bonds. The maximum Gasteiger partial charge on any atom is 0.251 e. The molecule has 2 saturated heterocycles. The smallest absolute Gasteiger partial charge is 0.251 e. The molecule has 0 aromatic heterocycles. The van der Waals surface area contributed by atoms with Gasteiger partial charge in [-0.1, -0.05) is 36.4 Å². The van der Waals surface area contributed by atoms with E-state index in [1.165, 1.54) is 31.5 Å². The minimum atomic E-state index is -3.12. The van der Waals surface area contributed by atoms with Crippen LogP contribution in [-0.2, 0) is 29.7 Å².